The second-order valence-corrected chi connectivity index (χ2v) is 4.13. The van der Waals surface area contributed by atoms with E-state index in [9.17, 15) is 5.26 Å². The van der Waals surface area contributed by atoms with E-state index in [0.29, 0.717) is 5.56 Å². The third-order valence-electron chi connectivity index (χ3n) is 2.90. The second kappa shape index (κ2) is 4.82. The molecule has 0 saturated carbocycles. The Labute approximate surface area is 110 Å². The lowest BCUT2D eigenvalue weighted by atomic mass is 10.1. The van der Waals surface area contributed by atoms with Crippen LogP contribution in [0.15, 0.2) is 60.7 Å². The van der Waals surface area contributed by atoms with Crippen LogP contribution in [0.2, 0.25) is 0 Å². The molecule has 4 nitrogen and oxygen atoms in total. The Hall–Kier alpha value is -2.19. The van der Waals surface area contributed by atoms with Gasteiger partial charge in [-0.3, -0.25) is 4.74 Å². The largest absolute Gasteiger partial charge is 0.318 e. The highest BCUT2D eigenvalue weighted by Gasteiger charge is 2.46. The molecular formula is C15H11NO3. The van der Waals surface area contributed by atoms with Gasteiger partial charge in [0.25, 0.3) is 0 Å². The maximum atomic E-state index is 9.35. The molecule has 3 rings (SSSR count). The second-order valence-electron chi connectivity index (χ2n) is 4.13. The first-order valence-electron chi connectivity index (χ1n) is 5.88. The molecule has 0 spiro atoms. The minimum Gasteiger partial charge on any atom is -0.295 e. The average molecular weight is 253 g/mol. The first-order chi connectivity index (χ1) is 9.34. The molecule has 0 aromatic heterocycles. The number of nitriles is 1. The standard InChI is InChI=1S/C15H11NO3/c16-11-15(13-9-5-2-6-10-13)17-14(18-19-15)12-7-3-1-4-8-12/h1-10,14H. The van der Waals surface area contributed by atoms with Gasteiger partial charge in [0.05, 0.1) is 0 Å². The minimum atomic E-state index is -1.51. The quantitative estimate of drug-likeness (QED) is 0.772. The Morgan fingerprint density at radius 3 is 2.21 bits per heavy atom. The van der Waals surface area contributed by atoms with Gasteiger partial charge in [0.15, 0.2) is 0 Å². The SMILES string of the molecule is N#CC1(c2ccccc2)OOC(c2ccccc2)O1. The number of nitrogens with zero attached hydrogens (tertiary/aromatic N) is 1. The normalized spacial score (nSPS) is 25.9. The fourth-order valence-corrected chi connectivity index (χ4v) is 1.92. The number of benzene rings is 2. The van der Waals surface area contributed by atoms with Crippen molar-refractivity contribution in [3.63, 3.8) is 0 Å². The van der Waals surface area contributed by atoms with Crippen LogP contribution in [0.3, 0.4) is 0 Å². The van der Waals surface area contributed by atoms with Crippen molar-refractivity contribution in [1.82, 2.24) is 0 Å². The van der Waals surface area contributed by atoms with Gasteiger partial charge in [-0.05, 0) is 0 Å². The van der Waals surface area contributed by atoms with Crippen LogP contribution in [-0.4, -0.2) is 0 Å². The fraction of sp³-hybridized carbons (Fsp3) is 0.133. The van der Waals surface area contributed by atoms with E-state index in [2.05, 4.69) is 0 Å². The van der Waals surface area contributed by atoms with Gasteiger partial charge >= 0.3 is 5.79 Å². The third-order valence-corrected chi connectivity index (χ3v) is 2.90. The topological polar surface area (TPSA) is 51.5 Å². The summed E-state index contributed by atoms with van der Waals surface area (Å²) in [6, 6.07) is 20.4. The molecule has 0 N–H and O–H groups in total. The summed E-state index contributed by atoms with van der Waals surface area (Å²) in [4.78, 5) is 10.3. The molecule has 94 valence electrons. The van der Waals surface area contributed by atoms with E-state index in [4.69, 9.17) is 14.5 Å². The molecule has 1 heterocycles. The zero-order valence-corrected chi connectivity index (χ0v) is 10.0. The van der Waals surface area contributed by atoms with Gasteiger partial charge in [-0.1, -0.05) is 60.7 Å². The highest BCUT2D eigenvalue weighted by Crippen LogP contribution is 2.40. The fourth-order valence-electron chi connectivity index (χ4n) is 1.92. The predicted molar refractivity (Wildman–Crippen MR) is 66.2 cm³/mol. The molecule has 2 unspecified atom stereocenters. The van der Waals surface area contributed by atoms with Gasteiger partial charge in [0.2, 0.25) is 6.29 Å². The van der Waals surface area contributed by atoms with Gasteiger partial charge in [-0.15, -0.1) is 0 Å². The number of hydrogen-bond acceptors (Lipinski definition) is 4. The Bertz CT molecular complexity index is 594. The molecular weight excluding hydrogens is 242 g/mol. The van der Waals surface area contributed by atoms with Crippen molar-refractivity contribution in [1.29, 1.82) is 5.26 Å². The summed E-state index contributed by atoms with van der Waals surface area (Å²) in [6.07, 6.45) is -0.707. The lowest BCUT2D eigenvalue weighted by Gasteiger charge is -2.16. The van der Waals surface area contributed by atoms with E-state index in [-0.39, 0.29) is 0 Å². The number of rotatable bonds is 2. The molecule has 1 aliphatic rings. The average Bonchev–Trinajstić information content (AvgIpc) is 2.95. The lowest BCUT2D eigenvalue weighted by Crippen LogP contribution is -2.24. The molecule has 0 bridgehead atoms. The van der Waals surface area contributed by atoms with Crippen LogP contribution in [0.4, 0.5) is 0 Å². The van der Waals surface area contributed by atoms with Crippen molar-refractivity contribution in [2.75, 3.05) is 0 Å². The van der Waals surface area contributed by atoms with Crippen molar-refractivity contribution in [2.45, 2.75) is 12.1 Å². The summed E-state index contributed by atoms with van der Waals surface area (Å²) in [5.74, 6) is -1.51. The highest BCUT2D eigenvalue weighted by atomic mass is 17.3. The Balaban J connectivity index is 1.90. The van der Waals surface area contributed by atoms with Crippen molar-refractivity contribution < 1.29 is 14.5 Å². The van der Waals surface area contributed by atoms with Gasteiger partial charge in [-0.25, -0.2) is 0 Å². The summed E-state index contributed by atoms with van der Waals surface area (Å²) in [6.45, 7) is 0. The summed E-state index contributed by atoms with van der Waals surface area (Å²) in [7, 11) is 0. The third kappa shape index (κ3) is 2.11. The Kier molecular flexibility index (Phi) is 3.02. The molecule has 1 fully saturated rings. The van der Waals surface area contributed by atoms with Gasteiger partial charge in [0.1, 0.15) is 6.07 Å². The lowest BCUT2D eigenvalue weighted by molar-refractivity contribution is -0.321. The minimum absolute atomic E-state index is 0.607. The summed E-state index contributed by atoms with van der Waals surface area (Å²) >= 11 is 0. The van der Waals surface area contributed by atoms with Gasteiger partial charge < -0.3 is 0 Å². The molecule has 0 aliphatic carbocycles. The van der Waals surface area contributed by atoms with Crippen LogP contribution < -0.4 is 0 Å². The molecule has 4 heteroatoms. The van der Waals surface area contributed by atoms with E-state index in [1.807, 2.05) is 54.6 Å². The van der Waals surface area contributed by atoms with E-state index < -0.39 is 12.1 Å². The van der Waals surface area contributed by atoms with E-state index in [1.54, 1.807) is 12.1 Å². The van der Waals surface area contributed by atoms with E-state index in [0.717, 1.165) is 5.56 Å². The Morgan fingerprint density at radius 1 is 0.947 bits per heavy atom. The maximum Gasteiger partial charge on any atom is 0.318 e. The van der Waals surface area contributed by atoms with Crippen LogP contribution in [0.1, 0.15) is 17.4 Å². The number of ether oxygens (including phenoxy) is 1. The van der Waals surface area contributed by atoms with Crippen molar-refractivity contribution in [2.24, 2.45) is 0 Å². The zero-order chi connectivity index (χ0) is 13.1. The van der Waals surface area contributed by atoms with Crippen LogP contribution in [0.5, 0.6) is 0 Å². The van der Waals surface area contributed by atoms with E-state index >= 15 is 0 Å². The molecule has 1 saturated heterocycles. The molecule has 0 amide bonds. The Morgan fingerprint density at radius 2 is 1.58 bits per heavy atom. The zero-order valence-electron chi connectivity index (χ0n) is 10.0. The van der Waals surface area contributed by atoms with Crippen LogP contribution in [0, 0.1) is 11.3 Å². The molecule has 19 heavy (non-hydrogen) atoms. The highest BCUT2D eigenvalue weighted by molar-refractivity contribution is 5.27. The van der Waals surface area contributed by atoms with Crippen LogP contribution >= 0.6 is 0 Å². The van der Waals surface area contributed by atoms with Gasteiger partial charge in [0, 0.05) is 11.1 Å². The van der Waals surface area contributed by atoms with Crippen molar-refractivity contribution in [3.05, 3.63) is 71.8 Å². The van der Waals surface area contributed by atoms with Crippen LogP contribution in [-0.2, 0) is 20.3 Å². The molecule has 2 aromatic carbocycles. The summed E-state index contributed by atoms with van der Waals surface area (Å²) in [5, 5.41) is 9.35. The monoisotopic (exact) mass is 253 g/mol. The van der Waals surface area contributed by atoms with Crippen molar-refractivity contribution in [3.8, 4) is 6.07 Å². The summed E-state index contributed by atoms with van der Waals surface area (Å²) in [5.41, 5.74) is 1.41. The number of hydrogen-bond donors (Lipinski definition) is 0. The first-order valence-corrected chi connectivity index (χ1v) is 5.88. The van der Waals surface area contributed by atoms with Gasteiger partial charge in [-0.2, -0.15) is 15.0 Å². The molecule has 0 radical (unpaired) electrons. The smallest absolute Gasteiger partial charge is 0.295 e. The first kappa shape index (κ1) is 11.9. The van der Waals surface area contributed by atoms with E-state index in [1.165, 1.54) is 0 Å². The van der Waals surface area contributed by atoms with Crippen LogP contribution in [0.25, 0.3) is 0 Å². The predicted octanol–water partition coefficient (Wildman–Crippen LogP) is 3.04. The molecule has 1 aliphatic heterocycles. The summed E-state index contributed by atoms with van der Waals surface area (Å²) < 4.78 is 5.66. The van der Waals surface area contributed by atoms with Crippen molar-refractivity contribution >= 4 is 0 Å². The molecule has 2 aromatic rings. The molecule has 2 atom stereocenters. The maximum absolute atomic E-state index is 9.35.